The molecule has 0 N–H and O–H groups in total. The average molecular weight is 220 g/mol. The van der Waals surface area contributed by atoms with Crippen LogP contribution >= 0.6 is 0 Å². The fourth-order valence-electron chi connectivity index (χ4n) is 1.47. The third-order valence-electron chi connectivity index (χ3n) is 2.59. The van der Waals surface area contributed by atoms with E-state index in [4.69, 9.17) is 0 Å². The Morgan fingerprint density at radius 1 is 1.19 bits per heavy atom. The molecule has 1 aromatic rings. The van der Waals surface area contributed by atoms with Gasteiger partial charge in [0.2, 0.25) is 0 Å². The van der Waals surface area contributed by atoms with Crippen LogP contribution in [0.3, 0.4) is 0 Å². The minimum Gasteiger partial charge on any atom is -0.469 e. The van der Waals surface area contributed by atoms with Crippen LogP contribution in [0.2, 0.25) is 0 Å². The minimum absolute atomic E-state index is 0.0663. The van der Waals surface area contributed by atoms with Gasteiger partial charge in [0, 0.05) is 12.3 Å². The number of hydrogen-bond donors (Lipinski definition) is 0. The second-order valence-electron chi connectivity index (χ2n) is 3.67. The van der Waals surface area contributed by atoms with Gasteiger partial charge in [-0.25, -0.2) is 0 Å². The standard InChI is InChI=1S/C13H16O3/c1-10(11-6-4-3-5-7-11)12(14)8-9-13(15)16-2/h3-7,10H,8-9H2,1-2H3. The van der Waals surface area contributed by atoms with E-state index in [1.54, 1.807) is 0 Å². The predicted octanol–water partition coefficient (Wildman–Crippen LogP) is 2.31. The summed E-state index contributed by atoms with van der Waals surface area (Å²) in [4.78, 5) is 22.7. The number of hydrogen-bond acceptors (Lipinski definition) is 3. The number of methoxy groups -OCH3 is 1. The summed E-state index contributed by atoms with van der Waals surface area (Å²) >= 11 is 0. The topological polar surface area (TPSA) is 43.4 Å². The molecular weight excluding hydrogens is 204 g/mol. The monoisotopic (exact) mass is 220 g/mol. The Bertz CT molecular complexity index is 357. The van der Waals surface area contributed by atoms with Gasteiger partial charge < -0.3 is 4.74 Å². The zero-order valence-corrected chi connectivity index (χ0v) is 9.60. The first-order chi connectivity index (χ1) is 7.65. The van der Waals surface area contributed by atoms with Crippen LogP contribution in [0.25, 0.3) is 0 Å². The second-order valence-corrected chi connectivity index (χ2v) is 3.67. The first-order valence-corrected chi connectivity index (χ1v) is 5.29. The van der Waals surface area contributed by atoms with E-state index in [1.807, 2.05) is 37.3 Å². The van der Waals surface area contributed by atoms with Crippen molar-refractivity contribution in [3.8, 4) is 0 Å². The SMILES string of the molecule is COC(=O)CCC(=O)C(C)c1ccccc1. The molecule has 0 spiro atoms. The van der Waals surface area contributed by atoms with Crippen LogP contribution in [-0.2, 0) is 14.3 Å². The number of carbonyl (C=O) groups is 2. The first-order valence-electron chi connectivity index (χ1n) is 5.29. The average Bonchev–Trinajstić information content (AvgIpc) is 2.35. The fraction of sp³-hybridized carbons (Fsp3) is 0.385. The summed E-state index contributed by atoms with van der Waals surface area (Å²) in [5, 5.41) is 0. The molecule has 86 valence electrons. The highest BCUT2D eigenvalue weighted by Crippen LogP contribution is 2.17. The molecule has 0 saturated heterocycles. The maximum Gasteiger partial charge on any atom is 0.305 e. The lowest BCUT2D eigenvalue weighted by molar-refractivity contribution is -0.142. The molecule has 16 heavy (non-hydrogen) atoms. The van der Waals surface area contributed by atoms with E-state index in [0.29, 0.717) is 0 Å². The summed E-state index contributed by atoms with van der Waals surface area (Å²) in [6.07, 6.45) is 0.398. The van der Waals surface area contributed by atoms with Crippen LogP contribution < -0.4 is 0 Å². The van der Waals surface area contributed by atoms with Gasteiger partial charge in [0.25, 0.3) is 0 Å². The van der Waals surface area contributed by atoms with E-state index < -0.39 is 0 Å². The lowest BCUT2D eigenvalue weighted by Gasteiger charge is -2.09. The Labute approximate surface area is 95.4 Å². The zero-order valence-electron chi connectivity index (χ0n) is 9.60. The highest BCUT2D eigenvalue weighted by molar-refractivity contribution is 5.88. The van der Waals surface area contributed by atoms with E-state index >= 15 is 0 Å². The van der Waals surface area contributed by atoms with Crippen LogP contribution in [0, 0.1) is 0 Å². The number of ether oxygens (including phenoxy) is 1. The van der Waals surface area contributed by atoms with Crippen molar-refractivity contribution in [2.75, 3.05) is 7.11 Å². The third-order valence-corrected chi connectivity index (χ3v) is 2.59. The highest BCUT2D eigenvalue weighted by Gasteiger charge is 2.15. The summed E-state index contributed by atoms with van der Waals surface area (Å²) in [5.41, 5.74) is 0.984. The lowest BCUT2D eigenvalue weighted by Crippen LogP contribution is -2.11. The molecule has 0 saturated carbocycles. The van der Waals surface area contributed by atoms with Gasteiger partial charge in [0.05, 0.1) is 13.5 Å². The molecule has 1 rings (SSSR count). The smallest absolute Gasteiger partial charge is 0.305 e. The van der Waals surface area contributed by atoms with E-state index in [1.165, 1.54) is 7.11 Å². The number of benzene rings is 1. The van der Waals surface area contributed by atoms with E-state index in [2.05, 4.69) is 4.74 Å². The van der Waals surface area contributed by atoms with Crippen molar-refractivity contribution < 1.29 is 14.3 Å². The van der Waals surface area contributed by atoms with Gasteiger partial charge in [0.15, 0.2) is 0 Å². The van der Waals surface area contributed by atoms with Crippen LogP contribution in [0.1, 0.15) is 31.2 Å². The molecular formula is C13H16O3. The molecule has 0 radical (unpaired) electrons. The van der Waals surface area contributed by atoms with Crippen molar-refractivity contribution in [2.45, 2.75) is 25.7 Å². The van der Waals surface area contributed by atoms with Crippen molar-refractivity contribution in [1.82, 2.24) is 0 Å². The van der Waals surface area contributed by atoms with Gasteiger partial charge in [-0.2, -0.15) is 0 Å². The van der Waals surface area contributed by atoms with Crippen LogP contribution in [0.15, 0.2) is 30.3 Å². The van der Waals surface area contributed by atoms with Crippen LogP contribution in [0.5, 0.6) is 0 Å². The van der Waals surface area contributed by atoms with Gasteiger partial charge in [-0.15, -0.1) is 0 Å². The molecule has 3 nitrogen and oxygen atoms in total. The van der Waals surface area contributed by atoms with E-state index in [9.17, 15) is 9.59 Å². The highest BCUT2D eigenvalue weighted by atomic mass is 16.5. The summed E-state index contributed by atoms with van der Waals surface area (Å²) in [6.45, 7) is 1.86. The van der Waals surface area contributed by atoms with Crippen LogP contribution in [0.4, 0.5) is 0 Å². The molecule has 0 bridgehead atoms. The van der Waals surface area contributed by atoms with Gasteiger partial charge >= 0.3 is 5.97 Å². The number of rotatable bonds is 5. The van der Waals surface area contributed by atoms with Gasteiger partial charge in [-0.1, -0.05) is 37.3 Å². The lowest BCUT2D eigenvalue weighted by atomic mass is 9.94. The van der Waals surface area contributed by atoms with Crippen molar-refractivity contribution in [1.29, 1.82) is 0 Å². The quantitative estimate of drug-likeness (QED) is 0.715. The van der Waals surface area contributed by atoms with Crippen molar-refractivity contribution in [3.05, 3.63) is 35.9 Å². The molecule has 0 aliphatic rings. The number of esters is 1. The van der Waals surface area contributed by atoms with Gasteiger partial charge in [-0.05, 0) is 5.56 Å². The molecule has 0 aromatic heterocycles. The summed E-state index contributed by atoms with van der Waals surface area (Å²) < 4.78 is 4.49. The van der Waals surface area contributed by atoms with Gasteiger partial charge in [-0.3, -0.25) is 9.59 Å². The summed E-state index contributed by atoms with van der Waals surface area (Å²) in [7, 11) is 1.33. The predicted molar refractivity (Wildman–Crippen MR) is 61.1 cm³/mol. The molecule has 0 aliphatic carbocycles. The third kappa shape index (κ3) is 3.50. The van der Waals surface area contributed by atoms with E-state index in [-0.39, 0.29) is 30.5 Å². The Balaban J connectivity index is 2.52. The molecule has 1 atom stereocenters. The molecule has 0 aliphatic heterocycles. The minimum atomic E-state index is -0.339. The Kier molecular flexibility index (Phi) is 4.70. The largest absolute Gasteiger partial charge is 0.469 e. The van der Waals surface area contributed by atoms with Crippen molar-refractivity contribution >= 4 is 11.8 Å². The fourth-order valence-corrected chi connectivity index (χ4v) is 1.47. The molecule has 0 fully saturated rings. The number of carbonyl (C=O) groups excluding carboxylic acids is 2. The molecule has 0 heterocycles. The Morgan fingerprint density at radius 2 is 1.81 bits per heavy atom. The molecule has 1 aromatic carbocycles. The summed E-state index contributed by atoms with van der Waals surface area (Å²) in [5.74, 6) is -0.434. The Morgan fingerprint density at radius 3 is 2.38 bits per heavy atom. The normalized spacial score (nSPS) is 11.9. The second kappa shape index (κ2) is 6.05. The first kappa shape index (κ1) is 12.4. The molecule has 0 amide bonds. The number of Topliss-reactive ketones (excluding diaryl/α,β-unsaturated/α-hetero) is 1. The van der Waals surface area contributed by atoms with Crippen molar-refractivity contribution in [2.24, 2.45) is 0 Å². The van der Waals surface area contributed by atoms with Crippen molar-refractivity contribution in [3.63, 3.8) is 0 Å². The maximum absolute atomic E-state index is 11.8. The van der Waals surface area contributed by atoms with E-state index in [0.717, 1.165) is 5.56 Å². The zero-order chi connectivity index (χ0) is 12.0. The Hall–Kier alpha value is -1.64. The van der Waals surface area contributed by atoms with Crippen LogP contribution in [-0.4, -0.2) is 18.9 Å². The molecule has 1 unspecified atom stereocenters. The van der Waals surface area contributed by atoms with Gasteiger partial charge in [0.1, 0.15) is 5.78 Å². The summed E-state index contributed by atoms with van der Waals surface area (Å²) in [6, 6.07) is 9.55. The number of ketones is 1. The maximum atomic E-state index is 11.8. The molecule has 3 heteroatoms.